The molecule has 0 atom stereocenters. The lowest BCUT2D eigenvalue weighted by molar-refractivity contribution is 0.0600. The van der Waals surface area contributed by atoms with Crippen molar-refractivity contribution in [2.24, 2.45) is 0 Å². The van der Waals surface area contributed by atoms with Gasteiger partial charge in [-0.25, -0.2) is 4.79 Å². The van der Waals surface area contributed by atoms with Crippen LogP contribution in [0.3, 0.4) is 0 Å². The minimum absolute atomic E-state index is 0.231. The maximum atomic E-state index is 12.6. The number of hydrogen-bond acceptors (Lipinski definition) is 5. The number of nitrogens with zero attached hydrogens (tertiary/aromatic N) is 1. The van der Waals surface area contributed by atoms with Crippen LogP contribution in [-0.4, -0.2) is 24.0 Å². The number of aromatic nitrogens is 1. The Hall–Kier alpha value is -3.67. The summed E-state index contributed by atoms with van der Waals surface area (Å²) in [6, 6.07) is 14.4. The second-order valence-corrected chi connectivity index (χ2v) is 6.36. The molecule has 0 aliphatic carbocycles. The van der Waals surface area contributed by atoms with E-state index >= 15 is 0 Å². The van der Waals surface area contributed by atoms with Gasteiger partial charge in [-0.1, -0.05) is 12.1 Å². The Balaban J connectivity index is 1.74. The molecule has 0 radical (unpaired) electrons. The number of amides is 1. The van der Waals surface area contributed by atoms with Gasteiger partial charge < -0.3 is 15.4 Å². The van der Waals surface area contributed by atoms with E-state index in [1.807, 2.05) is 32.0 Å². The molecule has 0 aliphatic heterocycles. The second-order valence-electron chi connectivity index (χ2n) is 6.36. The lowest BCUT2D eigenvalue weighted by Crippen LogP contribution is -2.13. The molecule has 3 aromatic rings. The van der Waals surface area contributed by atoms with Gasteiger partial charge in [-0.3, -0.25) is 9.78 Å². The molecule has 1 heterocycles. The number of benzene rings is 2. The zero-order valence-electron chi connectivity index (χ0n) is 15.9. The molecule has 0 saturated heterocycles. The topological polar surface area (TPSA) is 80.3 Å². The molecule has 0 bridgehead atoms. The SMILES string of the molecule is COC(=O)c1ccc(Nc2cncc(C(=O)Nc3cccc(C)c3C)c2)cc1. The maximum Gasteiger partial charge on any atom is 0.337 e. The van der Waals surface area contributed by atoms with E-state index in [-0.39, 0.29) is 5.91 Å². The molecule has 0 saturated carbocycles. The minimum atomic E-state index is -0.390. The van der Waals surface area contributed by atoms with Gasteiger partial charge in [0.15, 0.2) is 0 Å². The van der Waals surface area contributed by atoms with Crippen molar-refractivity contribution in [3.63, 3.8) is 0 Å². The van der Waals surface area contributed by atoms with Crippen LogP contribution in [0.5, 0.6) is 0 Å². The monoisotopic (exact) mass is 375 g/mol. The van der Waals surface area contributed by atoms with Crippen molar-refractivity contribution >= 4 is 28.9 Å². The van der Waals surface area contributed by atoms with E-state index in [4.69, 9.17) is 0 Å². The number of ether oxygens (including phenoxy) is 1. The van der Waals surface area contributed by atoms with Gasteiger partial charge in [-0.2, -0.15) is 0 Å². The first kappa shape index (κ1) is 19.1. The number of pyridine rings is 1. The molecule has 3 rings (SSSR count). The first-order valence-corrected chi connectivity index (χ1v) is 8.76. The van der Waals surface area contributed by atoms with E-state index in [1.165, 1.54) is 13.3 Å². The van der Waals surface area contributed by atoms with Gasteiger partial charge in [0.25, 0.3) is 5.91 Å². The number of nitrogens with one attached hydrogen (secondary N) is 2. The molecule has 2 aromatic carbocycles. The summed E-state index contributed by atoms with van der Waals surface area (Å²) in [6.07, 6.45) is 3.15. The predicted octanol–water partition coefficient (Wildman–Crippen LogP) is 4.48. The molecule has 6 nitrogen and oxygen atoms in total. The average Bonchev–Trinajstić information content (AvgIpc) is 2.71. The van der Waals surface area contributed by atoms with Crippen molar-refractivity contribution in [1.82, 2.24) is 4.98 Å². The van der Waals surface area contributed by atoms with Crippen LogP contribution in [0.15, 0.2) is 60.9 Å². The van der Waals surface area contributed by atoms with Gasteiger partial charge in [-0.15, -0.1) is 0 Å². The summed E-state index contributed by atoms with van der Waals surface area (Å²) in [5.74, 6) is -0.621. The third kappa shape index (κ3) is 4.35. The van der Waals surface area contributed by atoms with E-state index in [1.54, 1.807) is 36.5 Å². The molecule has 0 unspecified atom stereocenters. The molecule has 1 amide bonds. The minimum Gasteiger partial charge on any atom is -0.465 e. The van der Waals surface area contributed by atoms with Gasteiger partial charge >= 0.3 is 5.97 Å². The Labute approximate surface area is 163 Å². The van der Waals surface area contributed by atoms with Gasteiger partial charge in [0.05, 0.1) is 30.1 Å². The van der Waals surface area contributed by atoms with Crippen LogP contribution in [0.2, 0.25) is 0 Å². The fourth-order valence-electron chi connectivity index (χ4n) is 2.69. The summed E-state index contributed by atoms with van der Waals surface area (Å²) < 4.78 is 4.69. The summed E-state index contributed by atoms with van der Waals surface area (Å²) in [4.78, 5) is 28.3. The highest BCUT2D eigenvalue weighted by Crippen LogP contribution is 2.21. The van der Waals surface area contributed by atoms with Crippen molar-refractivity contribution in [1.29, 1.82) is 0 Å². The quantitative estimate of drug-likeness (QED) is 0.643. The summed E-state index contributed by atoms with van der Waals surface area (Å²) >= 11 is 0. The Morgan fingerprint density at radius 1 is 0.929 bits per heavy atom. The predicted molar refractivity (Wildman–Crippen MR) is 109 cm³/mol. The fourth-order valence-corrected chi connectivity index (χ4v) is 2.69. The summed E-state index contributed by atoms with van der Waals surface area (Å²) in [7, 11) is 1.34. The zero-order chi connectivity index (χ0) is 20.1. The number of rotatable bonds is 5. The number of esters is 1. The van der Waals surface area contributed by atoms with Crippen LogP contribution in [0, 0.1) is 13.8 Å². The third-order valence-corrected chi connectivity index (χ3v) is 4.45. The van der Waals surface area contributed by atoms with E-state index < -0.39 is 5.97 Å². The third-order valence-electron chi connectivity index (χ3n) is 4.45. The van der Waals surface area contributed by atoms with Crippen LogP contribution in [0.25, 0.3) is 0 Å². The Kier molecular flexibility index (Phi) is 5.69. The van der Waals surface area contributed by atoms with Crippen molar-refractivity contribution in [3.8, 4) is 0 Å². The highest BCUT2D eigenvalue weighted by atomic mass is 16.5. The summed E-state index contributed by atoms with van der Waals surface area (Å²) in [5.41, 5.74) is 5.26. The van der Waals surface area contributed by atoms with Crippen LogP contribution >= 0.6 is 0 Å². The molecule has 0 spiro atoms. The highest BCUT2D eigenvalue weighted by molar-refractivity contribution is 6.05. The van der Waals surface area contributed by atoms with Gasteiger partial charge in [0.1, 0.15) is 0 Å². The molecule has 0 fully saturated rings. The van der Waals surface area contributed by atoms with Crippen molar-refractivity contribution in [2.45, 2.75) is 13.8 Å². The maximum absolute atomic E-state index is 12.6. The molecule has 2 N–H and O–H groups in total. The second kappa shape index (κ2) is 8.35. The molecular formula is C22H21N3O3. The van der Waals surface area contributed by atoms with Crippen molar-refractivity contribution < 1.29 is 14.3 Å². The van der Waals surface area contributed by atoms with Gasteiger partial charge in [0, 0.05) is 17.6 Å². The normalized spacial score (nSPS) is 10.2. The molecular weight excluding hydrogens is 354 g/mol. The van der Waals surface area contributed by atoms with Crippen molar-refractivity contribution in [3.05, 3.63) is 83.2 Å². The first-order chi connectivity index (χ1) is 13.5. The van der Waals surface area contributed by atoms with E-state index in [0.29, 0.717) is 16.8 Å². The summed E-state index contributed by atoms with van der Waals surface area (Å²) in [6.45, 7) is 3.97. The number of carbonyl (C=O) groups excluding carboxylic acids is 2. The molecule has 0 aliphatic rings. The Morgan fingerprint density at radius 3 is 2.39 bits per heavy atom. The largest absolute Gasteiger partial charge is 0.465 e. The van der Waals surface area contributed by atoms with Crippen LogP contribution in [-0.2, 0) is 4.74 Å². The number of hydrogen-bond donors (Lipinski definition) is 2. The Bertz CT molecular complexity index is 1010. The number of methoxy groups -OCH3 is 1. The number of aryl methyl sites for hydroxylation is 1. The van der Waals surface area contributed by atoms with Crippen LogP contribution in [0.4, 0.5) is 17.1 Å². The molecule has 1 aromatic heterocycles. The van der Waals surface area contributed by atoms with Gasteiger partial charge in [0.2, 0.25) is 0 Å². The fraction of sp³-hybridized carbons (Fsp3) is 0.136. The van der Waals surface area contributed by atoms with Crippen molar-refractivity contribution in [2.75, 3.05) is 17.7 Å². The number of carbonyl (C=O) groups is 2. The lowest BCUT2D eigenvalue weighted by atomic mass is 10.1. The average molecular weight is 375 g/mol. The number of anilines is 3. The van der Waals surface area contributed by atoms with Crippen LogP contribution in [0.1, 0.15) is 31.8 Å². The molecule has 142 valence electrons. The first-order valence-electron chi connectivity index (χ1n) is 8.76. The van der Waals surface area contributed by atoms with E-state index in [2.05, 4.69) is 20.4 Å². The van der Waals surface area contributed by atoms with E-state index in [9.17, 15) is 9.59 Å². The Morgan fingerprint density at radius 2 is 1.68 bits per heavy atom. The van der Waals surface area contributed by atoms with Gasteiger partial charge in [-0.05, 0) is 61.4 Å². The lowest BCUT2D eigenvalue weighted by Gasteiger charge is -2.11. The highest BCUT2D eigenvalue weighted by Gasteiger charge is 2.10. The summed E-state index contributed by atoms with van der Waals surface area (Å²) in [5, 5.41) is 6.10. The molecule has 6 heteroatoms. The van der Waals surface area contributed by atoms with E-state index in [0.717, 1.165) is 22.5 Å². The smallest absolute Gasteiger partial charge is 0.337 e. The molecule has 28 heavy (non-hydrogen) atoms. The standard InChI is InChI=1S/C22H21N3O3/c1-14-5-4-6-20(15(14)2)25-21(26)17-11-19(13-23-12-17)24-18-9-7-16(8-10-18)22(27)28-3/h4-13,24H,1-3H3,(H,25,26). The zero-order valence-corrected chi connectivity index (χ0v) is 15.9. The van der Waals surface area contributed by atoms with Crippen LogP contribution < -0.4 is 10.6 Å².